The number of rotatable bonds is 13. The monoisotopic (exact) mass is 298 g/mol. The first kappa shape index (κ1) is 18.2. The van der Waals surface area contributed by atoms with Gasteiger partial charge >= 0.3 is 0 Å². The van der Waals surface area contributed by atoms with Crippen LogP contribution in [0.2, 0.25) is 0 Å². The SMILES string of the molecule is COCCOCCOCCn1cccc1CNCC(C)C. The van der Waals surface area contributed by atoms with Gasteiger partial charge in [0.25, 0.3) is 0 Å². The molecule has 0 aliphatic carbocycles. The first-order valence-electron chi connectivity index (χ1n) is 7.73. The van der Waals surface area contributed by atoms with Gasteiger partial charge in [-0.3, -0.25) is 0 Å². The van der Waals surface area contributed by atoms with Crippen LogP contribution in [0.15, 0.2) is 18.3 Å². The molecule has 1 aromatic heterocycles. The fourth-order valence-electron chi connectivity index (χ4n) is 1.94. The number of nitrogens with zero attached hydrogens (tertiary/aromatic N) is 1. The normalized spacial score (nSPS) is 11.4. The molecule has 1 aromatic rings. The summed E-state index contributed by atoms with van der Waals surface area (Å²) in [7, 11) is 1.67. The fourth-order valence-corrected chi connectivity index (χ4v) is 1.94. The van der Waals surface area contributed by atoms with Crippen molar-refractivity contribution in [2.24, 2.45) is 5.92 Å². The number of aromatic nitrogens is 1. The second-order valence-electron chi connectivity index (χ2n) is 5.44. The molecule has 0 bridgehead atoms. The van der Waals surface area contributed by atoms with E-state index in [1.54, 1.807) is 7.11 Å². The molecule has 0 aliphatic rings. The van der Waals surface area contributed by atoms with Gasteiger partial charge in [0, 0.05) is 32.1 Å². The molecule has 0 amide bonds. The van der Waals surface area contributed by atoms with Crippen LogP contribution in [0, 0.1) is 5.92 Å². The van der Waals surface area contributed by atoms with Crippen molar-refractivity contribution in [2.75, 3.05) is 46.7 Å². The Hall–Kier alpha value is -0.880. The molecular weight excluding hydrogens is 268 g/mol. The summed E-state index contributed by atoms with van der Waals surface area (Å²) in [5.41, 5.74) is 1.30. The van der Waals surface area contributed by atoms with Gasteiger partial charge in [-0.15, -0.1) is 0 Å². The predicted molar refractivity (Wildman–Crippen MR) is 84.5 cm³/mol. The van der Waals surface area contributed by atoms with Crippen molar-refractivity contribution < 1.29 is 14.2 Å². The molecule has 0 aliphatic heterocycles. The highest BCUT2D eigenvalue weighted by molar-refractivity contribution is 5.06. The Morgan fingerprint density at radius 3 is 2.52 bits per heavy atom. The average Bonchev–Trinajstić information content (AvgIpc) is 2.89. The fraction of sp³-hybridized carbons (Fsp3) is 0.750. The molecule has 0 atom stereocenters. The summed E-state index contributed by atoms with van der Waals surface area (Å²) in [6, 6.07) is 4.24. The molecule has 0 fully saturated rings. The Bertz CT molecular complexity index is 353. The molecular formula is C16H30N2O3. The van der Waals surface area contributed by atoms with E-state index in [4.69, 9.17) is 14.2 Å². The van der Waals surface area contributed by atoms with Crippen molar-refractivity contribution >= 4 is 0 Å². The minimum atomic E-state index is 0.623. The molecule has 0 spiro atoms. The summed E-state index contributed by atoms with van der Waals surface area (Å²) in [6.45, 7) is 10.5. The summed E-state index contributed by atoms with van der Waals surface area (Å²) >= 11 is 0. The van der Waals surface area contributed by atoms with Crippen molar-refractivity contribution in [2.45, 2.75) is 26.9 Å². The van der Waals surface area contributed by atoms with E-state index in [1.165, 1.54) is 5.69 Å². The van der Waals surface area contributed by atoms with Crippen LogP contribution in [0.3, 0.4) is 0 Å². The molecule has 5 heteroatoms. The zero-order chi connectivity index (χ0) is 15.3. The Morgan fingerprint density at radius 2 is 1.81 bits per heavy atom. The minimum Gasteiger partial charge on any atom is -0.382 e. The quantitative estimate of drug-likeness (QED) is 0.565. The molecule has 0 unspecified atom stereocenters. The maximum Gasteiger partial charge on any atom is 0.0701 e. The number of ether oxygens (including phenoxy) is 3. The standard InChI is InChI=1S/C16H30N2O3/c1-15(2)13-17-14-16-5-4-6-18(16)7-8-20-11-12-21-10-9-19-3/h4-6,15,17H,7-14H2,1-3H3. The molecule has 122 valence electrons. The van der Waals surface area contributed by atoms with E-state index >= 15 is 0 Å². The lowest BCUT2D eigenvalue weighted by Crippen LogP contribution is -2.21. The smallest absolute Gasteiger partial charge is 0.0701 e. The lowest BCUT2D eigenvalue weighted by atomic mass is 10.2. The van der Waals surface area contributed by atoms with Crippen molar-refractivity contribution in [1.82, 2.24) is 9.88 Å². The van der Waals surface area contributed by atoms with E-state index in [2.05, 4.69) is 42.1 Å². The van der Waals surface area contributed by atoms with Crippen molar-refractivity contribution in [3.8, 4) is 0 Å². The van der Waals surface area contributed by atoms with Gasteiger partial charge in [-0.2, -0.15) is 0 Å². The lowest BCUT2D eigenvalue weighted by Gasteiger charge is -2.12. The van der Waals surface area contributed by atoms with Crippen LogP contribution < -0.4 is 5.32 Å². The Kier molecular flexibility index (Phi) is 10.2. The lowest BCUT2D eigenvalue weighted by molar-refractivity contribution is 0.0229. The Balaban J connectivity index is 2.08. The Morgan fingerprint density at radius 1 is 1.10 bits per heavy atom. The highest BCUT2D eigenvalue weighted by Crippen LogP contribution is 2.02. The van der Waals surface area contributed by atoms with E-state index in [9.17, 15) is 0 Å². The average molecular weight is 298 g/mol. The van der Waals surface area contributed by atoms with Gasteiger partial charge in [-0.1, -0.05) is 13.8 Å². The molecule has 1 N–H and O–H groups in total. The summed E-state index contributed by atoms with van der Waals surface area (Å²) in [5, 5.41) is 3.46. The van der Waals surface area contributed by atoms with Gasteiger partial charge in [0.1, 0.15) is 0 Å². The van der Waals surface area contributed by atoms with Gasteiger partial charge in [-0.05, 0) is 24.6 Å². The predicted octanol–water partition coefficient (Wildman–Crippen LogP) is 1.91. The van der Waals surface area contributed by atoms with Crippen molar-refractivity contribution in [3.63, 3.8) is 0 Å². The van der Waals surface area contributed by atoms with Crippen LogP contribution in [0.4, 0.5) is 0 Å². The third kappa shape index (κ3) is 8.88. The summed E-state index contributed by atoms with van der Waals surface area (Å²) in [5.74, 6) is 0.676. The van der Waals surface area contributed by atoms with Crippen molar-refractivity contribution in [1.29, 1.82) is 0 Å². The van der Waals surface area contributed by atoms with Gasteiger partial charge in [-0.25, -0.2) is 0 Å². The number of nitrogens with one attached hydrogen (secondary N) is 1. The first-order valence-corrected chi connectivity index (χ1v) is 7.73. The molecule has 0 saturated carbocycles. The molecule has 5 nitrogen and oxygen atoms in total. The van der Waals surface area contributed by atoms with Crippen LogP contribution in [-0.4, -0.2) is 51.3 Å². The second kappa shape index (κ2) is 11.7. The van der Waals surface area contributed by atoms with Crippen LogP contribution in [-0.2, 0) is 27.3 Å². The van der Waals surface area contributed by atoms with Crippen LogP contribution in [0.1, 0.15) is 19.5 Å². The number of hydrogen-bond donors (Lipinski definition) is 1. The van der Waals surface area contributed by atoms with Gasteiger partial charge in [0.05, 0.1) is 33.0 Å². The van der Waals surface area contributed by atoms with E-state index in [0.717, 1.165) is 19.6 Å². The van der Waals surface area contributed by atoms with Crippen LogP contribution >= 0.6 is 0 Å². The minimum absolute atomic E-state index is 0.623. The number of hydrogen-bond acceptors (Lipinski definition) is 4. The first-order chi connectivity index (χ1) is 10.2. The third-order valence-corrected chi connectivity index (χ3v) is 3.06. The second-order valence-corrected chi connectivity index (χ2v) is 5.44. The third-order valence-electron chi connectivity index (χ3n) is 3.06. The zero-order valence-electron chi connectivity index (χ0n) is 13.6. The van der Waals surface area contributed by atoms with Gasteiger partial charge in [0.15, 0.2) is 0 Å². The molecule has 0 saturated heterocycles. The van der Waals surface area contributed by atoms with Crippen LogP contribution in [0.25, 0.3) is 0 Å². The summed E-state index contributed by atoms with van der Waals surface area (Å²) < 4.78 is 18.1. The topological polar surface area (TPSA) is 44.7 Å². The van der Waals surface area contributed by atoms with Gasteiger partial charge < -0.3 is 24.1 Å². The van der Waals surface area contributed by atoms with E-state index in [0.29, 0.717) is 39.0 Å². The molecule has 0 radical (unpaired) electrons. The largest absolute Gasteiger partial charge is 0.382 e. The van der Waals surface area contributed by atoms with Crippen LogP contribution in [0.5, 0.6) is 0 Å². The van der Waals surface area contributed by atoms with E-state index in [1.807, 2.05) is 0 Å². The molecule has 1 heterocycles. The van der Waals surface area contributed by atoms with E-state index < -0.39 is 0 Å². The highest BCUT2D eigenvalue weighted by atomic mass is 16.5. The zero-order valence-corrected chi connectivity index (χ0v) is 13.6. The van der Waals surface area contributed by atoms with Gasteiger partial charge in [0.2, 0.25) is 0 Å². The van der Waals surface area contributed by atoms with Crippen molar-refractivity contribution in [3.05, 3.63) is 24.0 Å². The maximum absolute atomic E-state index is 5.58. The Labute approximate surface area is 128 Å². The highest BCUT2D eigenvalue weighted by Gasteiger charge is 2.01. The summed E-state index contributed by atoms with van der Waals surface area (Å²) in [4.78, 5) is 0. The van der Waals surface area contributed by atoms with E-state index in [-0.39, 0.29) is 0 Å². The molecule has 0 aromatic carbocycles. The molecule has 1 rings (SSSR count). The number of methoxy groups -OCH3 is 1. The maximum atomic E-state index is 5.58. The summed E-state index contributed by atoms with van der Waals surface area (Å²) in [6.07, 6.45) is 2.10. The molecule has 21 heavy (non-hydrogen) atoms.